The molecule has 2 aromatic rings. The molecule has 10 heteroatoms. The van der Waals surface area contributed by atoms with Crippen LogP contribution in [0, 0.1) is 0 Å². The lowest BCUT2D eigenvalue weighted by Crippen LogP contribution is -2.46. The van der Waals surface area contributed by atoms with E-state index in [4.69, 9.17) is 10.5 Å². The Morgan fingerprint density at radius 3 is 2.87 bits per heavy atom. The first-order valence-corrected chi connectivity index (χ1v) is 11.8. The first kappa shape index (κ1) is 21.4. The Morgan fingerprint density at radius 2 is 2.06 bits per heavy atom. The third kappa shape index (κ3) is 5.09. The highest BCUT2D eigenvalue weighted by atomic mass is 32.3. The molecule has 0 spiro atoms. The van der Waals surface area contributed by atoms with Gasteiger partial charge in [-0.1, -0.05) is 6.07 Å². The highest BCUT2D eigenvalue weighted by Gasteiger charge is 2.29. The summed E-state index contributed by atoms with van der Waals surface area (Å²) in [5.41, 5.74) is 8.02. The number of hydrogen-bond donors (Lipinski definition) is 4. The molecule has 0 radical (unpaired) electrons. The SMILES string of the molecule is NC1=NS(O)(O)Nc2cccc(OCC3CCCCN3C(=O)CCc3ccncc3)c21. The summed E-state index contributed by atoms with van der Waals surface area (Å²) in [5, 5.41) is 0. The first-order valence-electron chi connectivity index (χ1n) is 10.3. The Labute approximate surface area is 183 Å². The Bertz CT molecular complexity index is 969. The van der Waals surface area contributed by atoms with E-state index in [0.29, 0.717) is 36.4 Å². The average molecular weight is 446 g/mol. The molecule has 31 heavy (non-hydrogen) atoms. The number of piperidine rings is 1. The van der Waals surface area contributed by atoms with Crippen LogP contribution < -0.4 is 15.2 Å². The minimum atomic E-state index is -3.35. The molecule has 1 amide bonds. The molecule has 1 saturated heterocycles. The van der Waals surface area contributed by atoms with E-state index in [2.05, 4.69) is 14.1 Å². The normalized spacial score (nSPS) is 20.8. The Morgan fingerprint density at radius 1 is 1.26 bits per heavy atom. The molecule has 3 heterocycles. The van der Waals surface area contributed by atoms with Crippen LogP contribution in [-0.4, -0.2) is 49.9 Å². The standard InChI is InChI=1S/C21H27N5O4S/c22-21-20-17(24-31(28,29)25-21)5-3-6-18(20)30-14-16-4-1-2-13-26(16)19(27)8-7-15-9-11-23-12-10-15/h3,5-6,9-12,16,24,28-29H,1-2,4,7-8,13-14H2,(H2,22,25). The van der Waals surface area contributed by atoms with Gasteiger partial charge in [0.2, 0.25) is 5.91 Å². The van der Waals surface area contributed by atoms with Gasteiger partial charge in [0.25, 0.3) is 0 Å². The van der Waals surface area contributed by atoms with Crippen molar-refractivity contribution in [1.82, 2.24) is 9.88 Å². The summed E-state index contributed by atoms with van der Waals surface area (Å²) in [7, 11) is -3.35. The van der Waals surface area contributed by atoms with Crippen LogP contribution in [0.1, 0.15) is 36.8 Å². The van der Waals surface area contributed by atoms with Crippen LogP contribution in [0.15, 0.2) is 47.1 Å². The van der Waals surface area contributed by atoms with Gasteiger partial charge in [-0.25, -0.2) is 0 Å². The molecular formula is C21H27N5O4S. The van der Waals surface area contributed by atoms with Crippen molar-refractivity contribution < 1.29 is 18.6 Å². The molecule has 4 rings (SSSR count). The second-order valence-electron chi connectivity index (χ2n) is 7.68. The zero-order chi connectivity index (χ0) is 21.8. The minimum absolute atomic E-state index is 0.0123. The quantitative estimate of drug-likeness (QED) is 0.536. The van der Waals surface area contributed by atoms with Crippen LogP contribution in [0.3, 0.4) is 0 Å². The number of nitrogens with two attached hydrogens (primary N) is 1. The Kier molecular flexibility index (Phi) is 6.30. The number of rotatable bonds is 6. The van der Waals surface area contributed by atoms with Crippen LogP contribution in [0.5, 0.6) is 5.75 Å². The number of aromatic nitrogens is 1. The van der Waals surface area contributed by atoms with Gasteiger partial charge in [0.15, 0.2) is 5.84 Å². The topological polar surface area (TPSA) is 133 Å². The van der Waals surface area contributed by atoms with Crippen LogP contribution in [0.2, 0.25) is 0 Å². The van der Waals surface area contributed by atoms with Crippen molar-refractivity contribution in [3.63, 3.8) is 0 Å². The van der Waals surface area contributed by atoms with Gasteiger partial charge in [0.05, 0.1) is 17.3 Å². The number of fused-ring (bicyclic) bond motifs is 1. The number of amides is 1. The van der Waals surface area contributed by atoms with Gasteiger partial charge < -0.3 is 15.4 Å². The zero-order valence-electron chi connectivity index (χ0n) is 17.1. The van der Waals surface area contributed by atoms with Crippen molar-refractivity contribution in [1.29, 1.82) is 0 Å². The van der Waals surface area contributed by atoms with Crippen LogP contribution in [0.4, 0.5) is 5.69 Å². The highest BCUT2D eigenvalue weighted by molar-refractivity contribution is 8.24. The molecule has 2 aliphatic rings. The van der Waals surface area contributed by atoms with Gasteiger partial charge in [-0.3, -0.25) is 23.6 Å². The summed E-state index contributed by atoms with van der Waals surface area (Å²) in [4.78, 5) is 18.8. The number of nitrogens with one attached hydrogen (secondary N) is 1. The van der Waals surface area contributed by atoms with Crippen molar-refractivity contribution in [3.8, 4) is 5.75 Å². The summed E-state index contributed by atoms with van der Waals surface area (Å²) < 4.78 is 32.0. The zero-order valence-corrected chi connectivity index (χ0v) is 17.9. The molecule has 0 aliphatic carbocycles. The number of pyridine rings is 1. The summed E-state index contributed by atoms with van der Waals surface area (Å²) >= 11 is 0. The number of aryl methyl sites for hydroxylation is 1. The van der Waals surface area contributed by atoms with Crippen molar-refractivity contribution >= 4 is 28.4 Å². The monoisotopic (exact) mass is 445 g/mol. The predicted octanol–water partition coefficient (Wildman–Crippen LogP) is 3.19. The average Bonchev–Trinajstić information content (AvgIpc) is 2.76. The first-order chi connectivity index (χ1) is 14.9. The lowest BCUT2D eigenvalue weighted by molar-refractivity contribution is -0.135. The second-order valence-corrected chi connectivity index (χ2v) is 9.10. The molecule has 0 saturated carbocycles. The number of hydrogen-bond acceptors (Lipinski definition) is 8. The fourth-order valence-corrected chi connectivity index (χ4v) is 4.86. The van der Waals surface area contributed by atoms with Crippen molar-refractivity contribution in [2.45, 2.75) is 38.1 Å². The molecule has 1 fully saturated rings. The number of carbonyl (C=O) groups is 1. The predicted molar refractivity (Wildman–Crippen MR) is 121 cm³/mol. The maximum absolute atomic E-state index is 12.9. The van der Waals surface area contributed by atoms with Gasteiger partial charge in [0, 0.05) is 25.4 Å². The molecule has 9 nitrogen and oxygen atoms in total. The van der Waals surface area contributed by atoms with E-state index in [1.54, 1.807) is 30.6 Å². The summed E-state index contributed by atoms with van der Waals surface area (Å²) in [6.07, 6.45) is 7.51. The summed E-state index contributed by atoms with van der Waals surface area (Å²) in [5.74, 6) is 0.631. The van der Waals surface area contributed by atoms with E-state index in [1.807, 2.05) is 17.0 Å². The van der Waals surface area contributed by atoms with Crippen molar-refractivity contribution in [3.05, 3.63) is 53.9 Å². The summed E-state index contributed by atoms with van der Waals surface area (Å²) in [6, 6.07) is 9.03. The maximum Gasteiger partial charge on any atom is 0.223 e. The third-order valence-corrected chi connectivity index (χ3v) is 6.46. The van der Waals surface area contributed by atoms with Gasteiger partial charge in [-0.15, -0.1) is 4.40 Å². The number of ether oxygens (including phenoxy) is 1. The second kappa shape index (κ2) is 9.13. The molecule has 5 N–H and O–H groups in total. The van der Waals surface area contributed by atoms with E-state index in [-0.39, 0.29) is 17.8 Å². The molecule has 1 unspecified atom stereocenters. The molecule has 2 aliphatic heterocycles. The summed E-state index contributed by atoms with van der Waals surface area (Å²) in [6.45, 7) is 1.06. The molecule has 1 atom stereocenters. The molecule has 1 aromatic carbocycles. The van der Waals surface area contributed by atoms with E-state index in [9.17, 15) is 13.9 Å². The van der Waals surface area contributed by atoms with E-state index < -0.39 is 11.0 Å². The van der Waals surface area contributed by atoms with E-state index in [1.165, 1.54) is 0 Å². The van der Waals surface area contributed by atoms with Gasteiger partial charge in [-0.05, 0) is 66.5 Å². The van der Waals surface area contributed by atoms with Crippen LogP contribution >= 0.6 is 11.0 Å². The molecule has 1 aromatic heterocycles. The van der Waals surface area contributed by atoms with Gasteiger partial charge >= 0.3 is 0 Å². The lowest BCUT2D eigenvalue weighted by Gasteiger charge is -2.36. The number of carbonyl (C=O) groups excluding carboxylic acids is 1. The fourth-order valence-electron chi connectivity index (χ4n) is 3.99. The fraction of sp³-hybridized carbons (Fsp3) is 0.381. The molecule has 166 valence electrons. The van der Waals surface area contributed by atoms with Gasteiger partial charge in [-0.2, -0.15) is 0 Å². The Hall–Kier alpha value is -2.82. The van der Waals surface area contributed by atoms with Crippen molar-refractivity contribution in [2.24, 2.45) is 10.1 Å². The van der Waals surface area contributed by atoms with E-state index in [0.717, 1.165) is 31.4 Å². The highest BCUT2D eigenvalue weighted by Crippen LogP contribution is 2.46. The number of amidine groups is 1. The van der Waals surface area contributed by atoms with Gasteiger partial charge in [0.1, 0.15) is 12.4 Å². The minimum Gasteiger partial charge on any atom is -0.491 e. The Balaban J connectivity index is 1.42. The largest absolute Gasteiger partial charge is 0.491 e. The van der Waals surface area contributed by atoms with Crippen LogP contribution in [0.25, 0.3) is 0 Å². The maximum atomic E-state index is 12.9. The number of anilines is 1. The van der Waals surface area contributed by atoms with Crippen molar-refractivity contribution in [2.75, 3.05) is 17.9 Å². The molecular weight excluding hydrogens is 418 g/mol. The van der Waals surface area contributed by atoms with E-state index >= 15 is 0 Å². The molecule has 0 bridgehead atoms. The lowest BCUT2D eigenvalue weighted by atomic mass is 10.0. The number of benzene rings is 1. The smallest absolute Gasteiger partial charge is 0.223 e. The number of likely N-dealkylation sites (tertiary alicyclic amines) is 1. The van der Waals surface area contributed by atoms with Crippen LogP contribution in [-0.2, 0) is 11.2 Å². The third-order valence-electron chi connectivity index (χ3n) is 5.51. The number of nitrogens with zero attached hydrogens (tertiary/aromatic N) is 3.